The molecule has 1 N–H and O–H groups in total. The number of hydrazone groups is 1. The maximum absolute atomic E-state index is 11.6. The normalized spacial score (nSPS) is 10.7. The van der Waals surface area contributed by atoms with Crippen LogP contribution in [0.5, 0.6) is 5.75 Å². The van der Waals surface area contributed by atoms with E-state index < -0.39 is 5.91 Å². The Kier molecular flexibility index (Phi) is 4.43. The van der Waals surface area contributed by atoms with E-state index in [-0.39, 0.29) is 5.69 Å². The van der Waals surface area contributed by atoms with Crippen molar-refractivity contribution >= 4 is 12.1 Å². The van der Waals surface area contributed by atoms with Crippen LogP contribution in [-0.4, -0.2) is 29.0 Å². The number of amides is 1. The highest BCUT2D eigenvalue weighted by molar-refractivity contribution is 5.93. The van der Waals surface area contributed by atoms with Crippen LogP contribution in [0.4, 0.5) is 0 Å². The van der Waals surface area contributed by atoms with Crippen LogP contribution < -0.4 is 10.2 Å². The Balaban J connectivity index is 1.93. The third kappa shape index (κ3) is 3.41. The summed E-state index contributed by atoms with van der Waals surface area (Å²) in [6.45, 7) is 4.17. The lowest BCUT2D eigenvalue weighted by molar-refractivity contribution is 0.0945. The number of carbonyl (C=O) groups excluding carboxylic acids is 1. The Morgan fingerprint density at radius 3 is 2.75 bits per heavy atom. The number of hydrogen-bond donors (Lipinski definition) is 1. The molecule has 104 valence electrons. The van der Waals surface area contributed by atoms with Crippen LogP contribution in [0.3, 0.4) is 0 Å². The second-order valence-corrected chi connectivity index (χ2v) is 3.90. The van der Waals surface area contributed by atoms with Gasteiger partial charge in [0, 0.05) is 0 Å². The van der Waals surface area contributed by atoms with Gasteiger partial charge >= 0.3 is 0 Å². The lowest BCUT2D eigenvalue weighted by atomic mass is 10.2. The summed E-state index contributed by atoms with van der Waals surface area (Å²) in [5.41, 5.74) is 3.72. The first-order chi connectivity index (χ1) is 9.70. The van der Waals surface area contributed by atoms with Crippen LogP contribution in [0.25, 0.3) is 0 Å². The van der Waals surface area contributed by atoms with E-state index in [1.165, 1.54) is 6.21 Å². The summed E-state index contributed by atoms with van der Waals surface area (Å²) in [5.74, 6) is 0.323. The molecule has 0 atom stereocenters. The van der Waals surface area contributed by atoms with Crippen molar-refractivity contribution < 1.29 is 14.2 Å². The number of aromatic nitrogens is 2. The zero-order valence-corrected chi connectivity index (χ0v) is 11.2. The van der Waals surface area contributed by atoms with E-state index in [4.69, 9.17) is 4.74 Å². The smallest absolute Gasteiger partial charge is 0.295 e. The van der Waals surface area contributed by atoms with Crippen LogP contribution in [-0.2, 0) is 0 Å². The van der Waals surface area contributed by atoms with Crippen molar-refractivity contribution in [3.63, 3.8) is 0 Å². The quantitative estimate of drug-likeness (QED) is 0.659. The topological polar surface area (TPSA) is 89.6 Å². The number of carbonyl (C=O) groups is 1. The molecular formula is C13H14N4O3. The van der Waals surface area contributed by atoms with E-state index in [0.29, 0.717) is 12.3 Å². The van der Waals surface area contributed by atoms with Gasteiger partial charge in [0.25, 0.3) is 5.91 Å². The van der Waals surface area contributed by atoms with Gasteiger partial charge in [-0.15, -0.1) is 0 Å². The summed E-state index contributed by atoms with van der Waals surface area (Å²) in [7, 11) is 0. The highest BCUT2D eigenvalue weighted by Gasteiger charge is 2.13. The largest absolute Gasteiger partial charge is 0.494 e. The van der Waals surface area contributed by atoms with Crippen molar-refractivity contribution in [2.24, 2.45) is 5.10 Å². The van der Waals surface area contributed by atoms with Gasteiger partial charge in [0.05, 0.1) is 12.8 Å². The molecular weight excluding hydrogens is 260 g/mol. The van der Waals surface area contributed by atoms with Crippen LogP contribution in [0.2, 0.25) is 0 Å². The molecule has 1 amide bonds. The van der Waals surface area contributed by atoms with E-state index >= 15 is 0 Å². The van der Waals surface area contributed by atoms with Gasteiger partial charge in [0.15, 0.2) is 5.69 Å². The van der Waals surface area contributed by atoms with Gasteiger partial charge in [-0.05, 0) is 48.8 Å². The number of ether oxygens (including phenoxy) is 1. The van der Waals surface area contributed by atoms with E-state index in [1.807, 2.05) is 31.2 Å². The van der Waals surface area contributed by atoms with Crippen molar-refractivity contribution in [3.05, 3.63) is 41.2 Å². The highest BCUT2D eigenvalue weighted by atomic mass is 16.6. The maximum Gasteiger partial charge on any atom is 0.295 e. The minimum absolute atomic E-state index is 0.119. The molecule has 20 heavy (non-hydrogen) atoms. The molecule has 1 aromatic heterocycles. The summed E-state index contributed by atoms with van der Waals surface area (Å²) in [4.78, 5) is 11.6. The molecule has 0 aliphatic heterocycles. The van der Waals surface area contributed by atoms with Crippen molar-refractivity contribution in [3.8, 4) is 5.75 Å². The molecule has 0 aliphatic rings. The van der Waals surface area contributed by atoms with E-state index in [0.717, 1.165) is 11.3 Å². The summed E-state index contributed by atoms with van der Waals surface area (Å²) < 4.78 is 9.77. The molecule has 0 bridgehead atoms. The lowest BCUT2D eigenvalue weighted by Gasteiger charge is -2.02. The molecule has 1 heterocycles. The van der Waals surface area contributed by atoms with Gasteiger partial charge in [-0.2, -0.15) is 5.10 Å². The average molecular weight is 274 g/mol. The standard InChI is InChI=1S/C13H14N4O3/c1-3-19-11-6-4-10(5-7-11)8-14-15-13(18)12-9(2)16-20-17-12/h4-8H,3H2,1-2H3,(H,15,18)/b14-8-. The van der Waals surface area contributed by atoms with E-state index in [2.05, 4.69) is 25.5 Å². The summed E-state index contributed by atoms with van der Waals surface area (Å²) in [6, 6.07) is 7.34. The monoisotopic (exact) mass is 274 g/mol. The number of nitrogens with zero attached hydrogens (tertiary/aromatic N) is 3. The molecule has 0 fully saturated rings. The van der Waals surface area contributed by atoms with Crippen molar-refractivity contribution in [2.75, 3.05) is 6.61 Å². The molecule has 2 rings (SSSR count). The summed E-state index contributed by atoms with van der Waals surface area (Å²) in [6.07, 6.45) is 1.52. The van der Waals surface area contributed by atoms with Crippen molar-refractivity contribution in [2.45, 2.75) is 13.8 Å². The van der Waals surface area contributed by atoms with Crippen LogP contribution in [0.1, 0.15) is 28.7 Å². The Bertz CT molecular complexity index is 604. The predicted molar refractivity (Wildman–Crippen MR) is 71.7 cm³/mol. The molecule has 1 aromatic carbocycles. The first kappa shape index (κ1) is 13.7. The lowest BCUT2D eigenvalue weighted by Crippen LogP contribution is -2.19. The molecule has 2 aromatic rings. The number of rotatable bonds is 5. The molecule has 7 heteroatoms. The molecule has 0 saturated carbocycles. The summed E-state index contributed by atoms with van der Waals surface area (Å²) in [5, 5.41) is 10.8. The zero-order valence-electron chi connectivity index (χ0n) is 11.2. The molecule has 0 spiro atoms. The fourth-order valence-corrected chi connectivity index (χ4v) is 1.47. The summed E-state index contributed by atoms with van der Waals surface area (Å²) >= 11 is 0. The molecule has 0 radical (unpaired) electrons. The van der Waals surface area contributed by atoms with Crippen molar-refractivity contribution in [1.29, 1.82) is 0 Å². The Labute approximate surface area is 115 Å². The highest BCUT2D eigenvalue weighted by Crippen LogP contribution is 2.10. The fraction of sp³-hybridized carbons (Fsp3) is 0.231. The van der Waals surface area contributed by atoms with E-state index in [9.17, 15) is 4.79 Å². The second kappa shape index (κ2) is 6.46. The van der Waals surface area contributed by atoms with Gasteiger partial charge < -0.3 is 4.74 Å². The maximum atomic E-state index is 11.6. The van der Waals surface area contributed by atoms with Gasteiger partial charge in [-0.1, -0.05) is 5.16 Å². The SMILES string of the molecule is CCOc1ccc(/C=N\NC(=O)c2nonc2C)cc1. The third-order valence-corrected chi connectivity index (χ3v) is 2.44. The Morgan fingerprint density at radius 2 is 2.15 bits per heavy atom. The predicted octanol–water partition coefficient (Wildman–Crippen LogP) is 1.54. The van der Waals surface area contributed by atoms with Gasteiger partial charge in [0.1, 0.15) is 11.4 Å². The number of benzene rings is 1. The Hall–Kier alpha value is -2.70. The minimum atomic E-state index is -0.467. The van der Waals surface area contributed by atoms with Gasteiger partial charge in [0.2, 0.25) is 0 Å². The number of hydrogen-bond acceptors (Lipinski definition) is 6. The fourth-order valence-electron chi connectivity index (χ4n) is 1.47. The Morgan fingerprint density at radius 1 is 1.40 bits per heavy atom. The first-order valence-corrected chi connectivity index (χ1v) is 6.06. The van der Waals surface area contributed by atoms with Gasteiger partial charge in [-0.25, -0.2) is 10.1 Å². The third-order valence-electron chi connectivity index (χ3n) is 2.44. The first-order valence-electron chi connectivity index (χ1n) is 6.06. The molecule has 0 aliphatic carbocycles. The minimum Gasteiger partial charge on any atom is -0.494 e. The van der Waals surface area contributed by atoms with E-state index in [1.54, 1.807) is 6.92 Å². The molecule has 0 unspecified atom stereocenters. The van der Waals surface area contributed by atoms with Gasteiger partial charge in [-0.3, -0.25) is 4.79 Å². The van der Waals surface area contributed by atoms with Crippen LogP contribution in [0.15, 0.2) is 34.0 Å². The zero-order chi connectivity index (χ0) is 14.4. The van der Waals surface area contributed by atoms with Crippen LogP contribution >= 0.6 is 0 Å². The second-order valence-electron chi connectivity index (χ2n) is 3.90. The van der Waals surface area contributed by atoms with Crippen molar-refractivity contribution in [1.82, 2.24) is 15.7 Å². The number of nitrogens with one attached hydrogen (secondary N) is 1. The molecule has 0 saturated heterocycles. The number of aryl methyl sites for hydroxylation is 1. The van der Waals surface area contributed by atoms with Crippen LogP contribution in [0, 0.1) is 6.92 Å². The molecule has 7 nitrogen and oxygen atoms in total. The average Bonchev–Trinajstić information content (AvgIpc) is 2.87.